The molecule has 0 spiro atoms. The SMILES string of the molecule is CCC(C)C(NC(=O)C(Cl)Cl)C(=O)Nc1nnc(-c2ccc(F)cc2)s1. The maximum atomic E-state index is 13.0. The Labute approximate surface area is 164 Å². The summed E-state index contributed by atoms with van der Waals surface area (Å²) in [5, 5.41) is 13.9. The number of anilines is 1. The number of benzene rings is 1. The second kappa shape index (κ2) is 9.25. The molecular formula is C16H17Cl2FN4O2S. The van der Waals surface area contributed by atoms with Crippen molar-refractivity contribution < 1.29 is 14.0 Å². The number of nitrogens with zero attached hydrogens (tertiary/aromatic N) is 2. The molecule has 10 heteroatoms. The fraction of sp³-hybridized carbons (Fsp3) is 0.375. The van der Waals surface area contributed by atoms with E-state index in [1.165, 1.54) is 12.1 Å². The lowest BCUT2D eigenvalue weighted by atomic mass is 9.98. The predicted octanol–water partition coefficient (Wildman–Crippen LogP) is 3.62. The van der Waals surface area contributed by atoms with Crippen LogP contribution in [0.25, 0.3) is 10.6 Å². The van der Waals surface area contributed by atoms with Gasteiger partial charge in [0.25, 0.3) is 5.91 Å². The highest BCUT2D eigenvalue weighted by molar-refractivity contribution is 7.18. The normalized spacial score (nSPS) is 13.3. The summed E-state index contributed by atoms with van der Waals surface area (Å²) in [7, 11) is 0. The third kappa shape index (κ3) is 5.36. The van der Waals surface area contributed by atoms with Gasteiger partial charge in [-0.15, -0.1) is 10.2 Å². The van der Waals surface area contributed by atoms with Crippen LogP contribution in [0.3, 0.4) is 0 Å². The van der Waals surface area contributed by atoms with Gasteiger partial charge in [0.2, 0.25) is 11.0 Å². The van der Waals surface area contributed by atoms with E-state index < -0.39 is 22.7 Å². The first-order valence-corrected chi connectivity index (χ1v) is 9.49. The standard InChI is InChI=1S/C16H17Cl2FN4O2S/c1-3-8(2)11(20-14(25)12(17)18)13(24)21-16-23-22-15(26-16)9-4-6-10(19)7-5-9/h4-8,11-12H,3H2,1-2H3,(H,20,25)(H,21,23,24). The van der Waals surface area contributed by atoms with Gasteiger partial charge in [0, 0.05) is 5.56 Å². The first kappa shape index (κ1) is 20.5. The maximum absolute atomic E-state index is 13.0. The van der Waals surface area contributed by atoms with Gasteiger partial charge in [-0.25, -0.2) is 4.39 Å². The van der Waals surface area contributed by atoms with E-state index in [0.717, 1.165) is 11.3 Å². The smallest absolute Gasteiger partial charge is 0.253 e. The Morgan fingerprint density at radius 2 is 1.85 bits per heavy atom. The molecule has 2 N–H and O–H groups in total. The van der Waals surface area contributed by atoms with Gasteiger partial charge in [-0.2, -0.15) is 0 Å². The van der Waals surface area contributed by atoms with E-state index in [1.54, 1.807) is 12.1 Å². The Morgan fingerprint density at radius 3 is 2.42 bits per heavy atom. The van der Waals surface area contributed by atoms with E-state index in [0.29, 0.717) is 17.0 Å². The second-order valence-corrected chi connectivity index (χ2v) is 7.65. The molecule has 0 aliphatic rings. The van der Waals surface area contributed by atoms with Crippen LogP contribution in [-0.4, -0.2) is 32.9 Å². The van der Waals surface area contributed by atoms with Crippen molar-refractivity contribution in [2.24, 2.45) is 5.92 Å². The van der Waals surface area contributed by atoms with Crippen LogP contribution in [0.4, 0.5) is 9.52 Å². The number of nitrogens with one attached hydrogen (secondary N) is 2. The van der Waals surface area contributed by atoms with Gasteiger partial charge in [0.15, 0.2) is 4.84 Å². The van der Waals surface area contributed by atoms with Crippen molar-refractivity contribution in [3.8, 4) is 10.6 Å². The molecule has 2 amide bonds. The van der Waals surface area contributed by atoms with Gasteiger partial charge in [0.1, 0.15) is 16.9 Å². The first-order chi connectivity index (χ1) is 12.3. The Morgan fingerprint density at radius 1 is 1.19 bits per heavy atom. The van der Waals surface area contributed by atoms with Crippen molar-refractivity contribution in [1.29, 1.82) is 0 Å². The number of carbonyl (C=O) groups excluding carboxylic acids is 2. The van der Waals surface area contributed by atoms with Crippen molar-refractivity contribution in [1.82, 2.24) is 15.5 Å². The zero-order chi connectivity index (χ0) is 19.3. The van der Waals surface area contributed by atoms with Gasteiger partial charge >= 0.3 is 0 Å². The quantitative estimate of drug-likeness (QED) is 0.672. The van der Waals surface area contributed by atoms with E-state index in [4.69, 9.17) is 23.2 Å². The molecule has 1 aromatic carbocycles. The molecule has 0 radical (unpaired) electrons. The van der Waals surface area contributed by atoms with E-state index in [1.807, 2.05) is 13.8 Å². The highest BCUT2D eigenvalue weighted by Crippen LogP contribution is 2.26. The zero-order valence-electron chi connectivity index (χ0n) is 14.0. The summed E-state index contributed by atoms with van der Waals surface area (Å²) in [6.45, 7) is 3.72. The van der Waals surface area contributed by atoms with Crippen molar-refractivity contribution in [3.63, 3.8) is 0 Å². The summed E-state index contributed by atoms with van der Waals surface area (Å²) in [6.07, 6.45) is 0.657. The van der Waals surface area contributed by atoms with Gasteiger partial charge in [0.05, 0.1) is 0 Å². The Hall–Kier alpha value is -1.77. The fourth-order valence-electron chi connectivity index (χ4n) is 2.08. The summed E-state index contributed by atoms with van der Waals surface area (Å²) in [6, 6.07) is 4.97. The number of hydrogen-bond acceptors (Lipinski definition) is 5. The fourth-order valence-corrected chi connectivity index (χ4v) is 2.96. The molecule has 2 aromatic rings. The molecule has 0 aliphatic carbocycles. The highest BCUT2D eigenvalue weighted by Gasteiger charge is 2.28. The monoisotopic (exact) mass is 418 g/mol. The summed E-state index contributed by atoms with van der Waals surface area (Å²) in [4.78, 5) is 23.0. The minimum atomic E-state index is -1.26. The third-order valence-electron chi connectivity index (χ3n) is 3.74. The largest absolute Gasteiger partial charge is 0.342 e. The van der Waals surface area contributed by atoms with E-state index in [9.17, 15) is 14.0 Å². The molecule has 6 nitrogen and oxygen atoms in total. The van der Waals surface area contributed by atoms with E-state index in [2.05, 4.69) is 20.8 Å². The van der Waals surface area contributed by atoms with Crippen LogP contribution in [0.1, 0.15) is 20.3 Å². The lowest BCUT2D eigenvalue weighted by molar-refractivity contribution is -0.126. The van der Waals surface area contributed by atoms with Crippen molar-refractivity contribution in [3.05, 3.63) is 30.1 Å². The number of carbonyl (C=O) groups is 2. The lowest BCUT2D eigenvalue weighted by Crippen LogP contribution is -2.49. The lowest BCUT2D eigenvalue weighted by Gasteiger charge is -2.23. The van der Waals surface area contributed by atoms with Crippen molar-refractivity contribution in [2.75, 3.05) is 5.32 Å². The molecule has 2 atom stereocenters. The molecule has 140 valence electrons. The Balaban J connectivity index is 2.11. The molecular weight excluding hydrogens is 402 g/mol. The van der Waals surface area contributed by atoms with Crippen LogP contribution < -0.4 is 10.6 Å². The highest BCUT2D eigenvalue weighted by atomic mass is 35.5. The average Bonchev–Trinajstić information content (AvgIpc) is 3.07. The topological polar surface area (TPSA) is 84.0 Å². The van der Waals surface area contributed by atoms with Crippen molar-refractivity contribution in [2.45, 2.75) is 31.1 Å². The molecule has 0 saturated heterocycles. The molecule has 1 heterocycles. The van der Waals surface area contributed by atoms with Gasteiger partial charge in [-0.1, -0.05) is 54.8 Å². The summed E-state index contributed by atoms with van der Waals surface area (Å²) in [5.74, 6) is -1.58. The van der Waals surface area contributed by atoms with Crippen LogP contribution in [0, 0.1) is 11.7 Å². The number of hydrogen-bond donors (Lipinski definition) is 2. The van der Waals surface area contributed by atoms with Gasteiger partial charge < -0.3 is 5.32 Å². The predicted molar refractivity (Wildman–Crippen MR) is 101 cm³/mol. The second-order valence-electron chi connectivity index (χ2n) is 5.58. The Kier molecular flexibility index (Phi) is 7.31. The number of halogens is 3. The number of alkyl halides is 2. The molecule has 0 bridgehead atoms. The number of rotatable bonds is 7. The summed E-state index contributed by atoms with van der Waals surface area (Å²) in [5.41, 5.74) is 0.684. The Bertz CT molecular complexity index is 770. The average molecular weight is 419 g/mol. The van der Waals surface area contributed by atoms with E-state index >= 15 is 0 Å². The molecule has 0 fully saturated rings. The zero-order valence-corrected chi connectivity index (χ0v) is 16.3. The molecule has 2 rings (SSSR count). The molecule has 1 aromatic heterocycles. The maximum Gasteiger partial charge on any atom is 0.253 e. The van der Waals surface area contributed by atoms with Crippen LogP contribution in [0.2, 0.25) is 0 Å². The molecule has 0 aliphatic heterocycles. The molecule has 26 heavy (non-hydrogen) atoms. The first-order valence-electron chi connectivity index (χ1n) is 7.80. The number of aromatic nitrogens is 2. The minimum Gasteiger partial charge on any atom is -0.342 e. The third-order valence-corrected chi connectivity index (χ3v) is 5.02. The summed E-state index contributed by atoms with van der Waals surface area (Å²) < 4.78 is 13.0. The van der Waals surface area contributed by atoms with Crippen LogP contribution in [0.5, 0.6) is 0 Å². The van der Waals surface area contributed by atoms with Crippen molar-refractivity contribution >= 4 is 51.5 Å². The van der Waals surface area contributed by atoms with Gasteiger partial charge in [-0.3, -0.25) is 14.9 Å². The van der Waals surface area contributed by atoms with Crippen LogP contribution in [0.15, 0.2) is 24.3 Å². The van der Waals surface area contributed by atoms with E-state index in [-0.39, 0.29) is 16.9 Å². The number of amides is 2. The van der Waals surface area contributed by atoms with Gasteiger partial charge in [-0.05, 0) is 30.2 Å². The summed E-state index contributed by atoms with van der Waals surface area (Å²) >= 11 is 12.2. The van der Waals surface area contributed by atoms with Crippen LogP contribution in [-0.2, 0) is 9.59 Å². The van der Waals surface area contributed by atoms with Crippen LogP contribution >= 0.6 is 34.5 Å². The minimum absolute atomic E-state index is 0.143. The molecule has 0 saturated carbocycles. The molecule has 2 unspecified atom stereocenters.